The number of nitrogens with one attached hydrogen (secondary N) is 1. The van der Waals surface area contributed by atoms with E-state index in [1.54, 1.807) is 7.11 Å². The molecule has 40 heavy (non-hydrogen) atoms. The van der Waals surface area contributed by atoms with Crippen molar-refractivity contribution in [3.05, 3.63) is 45.7 Å². The van der Waals surface area contributed by atoms with Gasteiger partial charge in [-0.05, 0) is 38.1 Å². The second kappa shape index (κ2) is 9.98. The van der Waals surface area contributed by atoms with Gasteiger partial charge in [0, 0.05) is 42.7 Å². The Bertz CT molecular complexity index is 1400. The number of nitrogens with zero attached hydrogens (tertiary/aromatic N) is 1. The number of aliphatic hydroxyl groups is 3. The molecule has 1 aliphatic heterocycles. The van der Waals surface area contributed by atoms with Gasteiger partial charge >= 0.3 is 0 Å². The summed E-state index contributed by atoms with van der Waals surface area (Å²) in [5.74, 6) is -9.47. The predicted octanol–water partition coefficient (Wildman–Crippen LogP) is 0.769. The molecular formula is C27H30FN3O9. The van der Waals surface area contributed by atoms with Crippen molar-refractivity contribution in [3.8, 4) is 5.75 Å². The van der Waals surface area contributed by atoms with Gasteiger partial charge in [0.25, 0.3) is 5.91 Å². The number of aromatic hydroxyl groups is 1. The summed E-state index contributed by atoms with van der Waals surface area (Å²) in [6.45, 7) is 1.05. The number of likely N-dealkylation sites (tertiary alicyclic amines) is 1. The average Bonchev–Trinajstić information content (AvgIpc) is 3.30. The first-order chi connectivity index (χ1) is 18.9. The first kappa shape index (κ1) is 27.7. The van der Waals surface area contributed by atoms with Crippen LogP contribution >= 0.6 is 0 Å². The zero-order chi connectivity index (χ0) is 29.1. The second-order valence-electron chi connectivity index (χ2n) is 10.8. The average molecular weight is 560 g/mol. The maximum absolute atomic E-state index is 15.3. The highest BCUT2D eigenvalue weighted by molar-refractivity contribution is 6.24. The van der Waals surface area contributed by atoms with Gasteiger partial charge in [-0.15, -0.1) is 0 Å². The summed E-state index contributed by atoms with van der Waals surface area (Å²) in [4.78, 5) is 53.1. The summed E-state index contributed by atoms with van der Waals surface area (Å²) in [6, 6.07) is 0.954. The van der Waals surface area contributed by atoms with E-state index >= 15 is 4.39 Å². The number of phenols is 1. The fraction of sp³-hybridized carbons (Fsp3) is 0.481. The lowest BCUT2D eigenvalue weighted by molar-refractivity contribution is -0.144. The van der Waals surface area contributed by atoms with Gasteiger partial charge in [-0.3, -0.25) is 24.1 Å². The molecule has 1 saturated heterocycles. The molecule has 0 radical (unpaired) electrons. The molecule has 4 atom stereocenters. The lowest BCUT2D eigenvalue weighted by Gasteiger charge is -2.45. The molecule has 1 unspecified atom stereocenters. The first-order valence-electron chi connectivity index (χ1n) is 12.9. The Morgan fingerprint density at radius 1 is 1.25 bits per heavy atom. The fourth-order valence-corrected chi connectivity index (χ4v) is 6.60. The highest BCUT2D eigenvalue weighted by Gasteiger charge is 2.59. The van der Waals surface area contributed by atoms with Gasteiger partial charge in [0.15, 0.2) is 17.1 Å². The second-order valence-corrected chi connectivity index (χ2v) is 10.8. The Kier molecular flexibility index (Phi) is 6.92. The number of hydrogen-bond acceptors (Lipinski definition) is 10. The van der Waals surface area contributed by atoms with Crippen molar-refractivity contribution in [2.75, 3.05) is 32.1 Å². The topological polar surface area (TPSA) is 200 Å². The number of carbonyl (C=O) groups excluding carboxylic acids is 4. The number of ketones is 2. The third-order valence-corrected chi connectivity index (χ3v) is 8.49. The lowest BCUT2D eigenvalue weighted by atomic mass is 9.60. The van der Waals surface area contributed by atoms with Crippen molar-refractivity contribution in [2.45, 2.75) is 43.7 Å². The zero-order valence-electron chi connectivity index (χ0n) is 21.7. The van der Waals surface area contributed by atoms with Crippen molar-refractivity contribution in [2.24, 2.45) is 17.6 Å². The van der Waals surface area contributed by atoms with Crippen molar-refractivity contribution in [1.82, 2.24) is 4.90 Å². The molecule has 0 aromatic heterocycles. The van der Waals surface area contributed by atoms with Crippen LogP contribution in [0.3, 0.4) is 0 Å². The molecule has 4 aliphatic rings. The number of phenolic OH excluding ortho intramolecular Hbond substituents is 1. The Balaban J connectivity index is 1.48. The minimum absolute atomic E-state index is 0.0355. The number of anilines is 1. The standard InChI is InChI=1S/C27H30FN3O9/c1-40-10-13-3-2-4-31(13)9-18(33)30-16-8-15(28)14-6-11-5-12-7-17(32)21(26(29)38)25(37)27(12,39)24(36)19(11)23(35)20(14)22(16)34/h8,11-13,32,34,36,39H,2-7,9-10H2,1H3,(H2,29,38)(H,30,33)/t11?,12-,13+,27-/m0/s1. The van der Waals surface area contributed by atoms with E-state index in [1.807, 2.05) is 4.90 Å². The number of primary amides is 1. The first-order valence-corrected chi connectivity index (χ1v) is 12.9. The van der Waals surface area contributed by atoms with E-state index in [2.05, 4.69) is 5.32 Å². The molecule has 1 aromatic carbocycles. The van der Waals surface area contributed by atoms with E-state index in [4.69, 9.17) is 10.5 Å². The minimum Gasteiger partial charge on any atom is -0.511 e. The number of fused-ring (bicyclic) bond motifs is 3. The summed E-state index contributed by atoms with van der Waals surface area (Å²) in [5.41, 5.74) is 0.180. The third kappa shape index (κ3) is 4.16. The van der Waals surface area contributed by atoms with Crippen LogP contribution in [0.15, 0.2) is 28.7 Å². The van der Waals surface area contributed by atoms with Gasteiger partial charge in [-0.2, -0.15) is 0 Å². The number of aliphatic hydroxyl groups excluding tert-OH is 2. The number of Topliss-reactive ketones (excluding diaryl/α,β-unsaturated/α-hetero) is 2. The van der Waals surface area contributed by atoms with E-state index in [1.165, 1.54) is 0 Å². The van der Waals surface area contributed by atoms with Gasteiger partial charge in [0.2, 0.25) is 11.7 Å². The number of rotatable bonds is 6. The van der Waals surface area contributed by atoms with E-state index < -0.39 is 80.6 Å². The van der Waals surface area contributed by atoms with E-state index in [-0.39, 0.29) is 43.1 Å². The van der Waals surface area contributed by atoms with Crippen molar-refractivity contribution < 1.29 is 48.7 Å². The summed E-state index contributed by atoms with van der Waals surface area (Å²) in [5, 5.41) is 46.0. The quantitative estimate of drug-likeness (QED) is 0.214. The molecule has 2 amide bonds. The number of ether oxygens (including phenoxy) is 1. The van der Waals surface area contributed by atoms with Crippen LogP contribution in [0.2, 0.25) is 0 Å². The Morgan fingerprint density at radius 2 is 1.98 bits per heavy atom. The van der Waals surface area contributed by atoms with Gasteiger partial charge in [0.1, 0.15) is 22.9 Å². The van der Waals surface area contributed by atoms with Crippen molar-refractivity contribution in [1.29, 1.82) is 0 Å². The molecule has 0 bridgehead atoms. The number of carbonyl (C=O) groups is 4. The number of amides is 2. The van der Waals surface area contributed by atoms with E-state index in [0.717, 1.165) is 18.9 Å². The Morgan fingerprint density at radius 3 is 2.65 bits per heavy atom. The summed E-state index contributed by atoms with van der Waals surface area (Å²) in [6.07, 6.45) is 1.06. The smallest absolute Gasteiger partial charge is 0.255 e. The Hall–Kier alpha value is -3.81. The summed E-state index contributed by atoms with van der Waals surface area (Å²) < 4.78 is 20.5. The van der Waals surface area contributed by atoms with Gasteiger partial charge in [-0.1, -0.05) is 0 Å². The van der Waals surface area contributed by atoms with Crippen LogP contribution in [0.1, 0.15) is 41.6 Å². The normalized spacial score (nSPS) is 28.3. The van der Waals surface area contributed by atoms with Crippen molar-refractivity contribution in [3.63, 3.8) is 0 Å². The third-order valence-electron chi connectivity index (χ3n) is 8.49. The SMILES string of the molecule is COC[C@H]1CCCN1CC(=O)Nc1cc(F)c2c(c1O)C(=O)C1=C(O)[C@]3(O)C(=O)C(C(N)=O)=C(O)C[C@@H]3CC1C2. The summed E-state index contributed by atoms with van der Waals surface area (Å²) in [7, 11) is 1.56. The molecule has 214 valence electrons. The van der Waals surface area contributed by atoms with Gasteiger partial charge < -0.3 is 36.2 Å². The van der Waals surface area contributed by atoms with Crippen LogP contribution in [-0.4, -0.2) is 87.2 Å². The van der Waals surface area contributed by atoms with Crippen LogP contribution in [0, 0.1) is 17.7 Å². The van der Waals surface area contributed by atoms with Crippen LogP contribution < -0.4 is 11.1 Å². The molecule has 0 spiro atoms. The van der Waals surface area contributed by atoms with Crippen LogP contribution in [0.25, 0.3) is 0 Å². The number of benzene rings is 1. The zero-order valence-corrected chi connectivity index (χ0v) is 21.7. The fourth-order valence-electron chi connectivity index (χ4n) is 6.60. The number of methoxy groups -OCH3 is 1. The van der Waals surface area contributed by atoms with E-state index in [0.29, 0.717) is 13.2 Å². The Labute approximate surface area is 227 Å². The van der Waals surface area contributed by atoms with Gasteiger partial charge in [-0.25, -0.2) is 4.39 Å². The van der Waals surface area contributed by atoms with Crippen molar-refractivity contribution >= 4 is 29.1 Å². The monoisotopic (exact) mass is 559 g/mol. The number of halogens is 1. The van der Waals surface area contributed by atoms with Crippen LogP contribution in [0.5, 0.6) is 5.75 Å². The highest BCUT2D eigenvalue weighted by Crippen LogP contribution is 2.52. The molecule has 1 heterocycles. The largest absolute Gasteiger partial charge is 0.511 e. The molecule has 12 nitrogen and oxygen atoms in total. The number of hydrogen-bond donors (Lipinski definition) is 6. The lowest BCUT2D eigenvalue weighted by Crippen LogP contribution is -2.57. The molecule has 1 aromatic rings. The van der Waals surface area contributed by atoms with Crippen LogP contribution in [0.4, 0.5) is 10.1 Å². The molecule has 5 rings (SSSR count). The molecule has 0 saturated carbocycles. The van der Waals surface area contributed by atoms with E-state index in [9.17, 15) is 39.6 Å². The van der Waals surface area contributed by atoms with Crippen LogP contribution in [-0.2, 0) is 25.5 Å². The molecular weight excluding hydrogens is 529 g/mol. The summed E-state index contributed by atoms with van der Waals surface area (Å²) >= 11 is 0. The molecule has 7 N–H and O–H groups in total. The maximum atomic E-state index is 15.3. The predicted molar refractivity (Wildman–Crippen MR) is 136 cm³/mol. The maximum Gasteiger partial charge on any atom is 0.255 e. The molecule has 1 fully saturated rings. The highest BCUT2D eigenvalue weighted by atomic mass is 19.1. The number of nitrogens with two attached hydrogens (primary N) is 1. The van der Waals surface area contributed by atoms with Gasteiger partial charge in [0.05, 0.1) is 24.4 Å². The number of allylic oxidation sites excluding steroid dienone is 2. The minimum atomic E-state index is -2.72. The molecule has 13 heteroatoms. The molecule has 3 aliphatic carbocycles.